The highest BCUT2D eigenvalue weighted by Gasteiger charge is 2.50. The van der Waals surface area contributed by atoms with E-state index in [1.54, 1.807) is 0 Å². The highest BCUT2D eigenvalue weighted by molar-refractivity contribution is 6.07. The third kappa shape index (κ3) is 4.13. The minimum atomic E-state index is -0.659. The van der Waals surface area contributed by atoms with Crippen molar-refractivity contribution in [2.24, 2.45) is 5.92 Å². The van der Waals surface area contributed by atoms with E-state index in [1.807, 2.05) is 0 Å². The minimum Gasteiger partial charge on any atom is -0.353 e. The summed E-state index contributed by atoms with van der Waals surface area (Å²) in [6, 6.07) is -0.000798. The second kappa shape index (κ2) is 7.78. The second-order valence-electron chi connectivity index (χ2n) is 8.83. The number of hydrogen-bond acceptors (Lipinski definition) is 4. The van der Waals surface area contributed by atoms with Gasteiger partial charge in [0.15, 0.2) is 0 Å². The zero-order valence-corrected chi connectivity index (χ0v) is 16.2. The van der Waals surface area contributed by atoms with Gasteiger partial charge in [0.1, 0.15) is 5.54 Å². The molecule has 0 bridgehead atoms. The van der Waals surface area contributed by atoms with Gasteiger partial charge in [-0.05, 0) is 38.5 Å². The molecule has 0 radical (unpaired) electrons. The lowest BCUT2D eigenvalue weighted by molar-refractivity contribution is -0.133. The van der Waals surface area contributed by atoms with Gasteiger partial charge < -0.3 is 10.6 Å². The van der Waals surface area contributed by atoms with E-state index in [2.05, 4.69) is 15.5 Å². The molecule has 4 amide bonds. The van der Waals surface area contributed by atoms with Gasteiger partial charge in [0, 0.05) is 25.0 Å². The summed E-state index contributed by atoms with van der Waals surface area (Å²) in [6.45, 7) is 1.98. The Morgan fingerprint density at radius 2 is 1.63 bits per heavy atom. The molecule has 2 saturated heterocycles. The largest absolute Gasteiger partial charge is 0.353 e. The topological polar surface area (TPSA) is 81.8 Å². The van der Waals surface area contributed by atoms with Gasteiger partial charge in [0.2, 0.25) is 5.91 Å². The van der Waals surface area contributed by atoms with Crippen LogP contribution < -0.4 is 10.6 Å². The fraction of sp³-hybridized carbons (Fsp3) is 0.850. The van der Waals surface area contributed by atoms with Gasteiger partial charge in [-0.2, -0.15) is 0 Å². The molecule has 7 nitrogen and oxygen atoms in total. The van der Waals surface area contributed by atoms with Gasteiger partial charge in [0.25, 0.3) is 5.91 Å². The molecule has 0 aromatic rings. The Hall–Kier alpha value is -1.63. The van der Waals surface area contributed by atoms with Crippen molar-refractivity contribution in [3.05, 3.63) is 0 Å². The van der Waals surface area contributed by atoms with Gasteiger partial charge >= 0.3 is 6.03 Å². The molecule has 0 atom stereocenters. The molecule has 27 heavy (non-hydrogen) atoms. The van der Waals surface area contributed by atoms with Gasteiger partial charge in [-0.25, -0.2) is 9.69 Å². The van der Waals surface area contributed by atoms with E-state index >= 15 is 0 Å². The molecule has 0 aromatic carbocycles. The van der Waals surface area contributed by atoms with Crippen LogP contribution in [0.3, 0.4) is 0 Å². The number of piperidine rings is 1. The van der Waals surface area contributed by atoms with Crippen LogP contribution in [0.5, 0.6) is 0 Å². The standard InChI is InChI=1S/C20H32N4O3/c25-17(15-6-7-15)21-16-8-12-23(13-9-16)14-24-18(26)20(22-19(24)27)10-4-2-1-3-5-11-20/h15-16H,1-14H2,(H,21,25)(H,22,27). The summed E-state index contributed by atoms with van der Waals surface area (Å²) in [4.78, 5) is 41.1. The summed E-state index contributed by atoms with van der Waals surface area (Å²) >= 11 is 0. The molecular weight excluding hydrogens is 344 g/mol. The van der Waals surface area contributed by atoms with Crippen LogP contribution in [-0.4, -0.2) is 59.0 Å². The first kappa shape index (κ1) is 18.7. The first-order valence-electron chi connectivity index (χ1n) is 10.7. The molecular formula is C20H32N4O3. The number of amides is 4. The Bertz CT molecular complexity index is 588. The zero-order valence-electron chi connectivity index (χ0n) is 16.2. The normalized spacial score (nSPS) is 27.3. The number of rotatable bonds is 4. The van der Waals surface area contributed by atoms with Crippen LogP contribution in [0.15, 0.2) is 0 Å². The maximum atomic E-state index is 13.1. The summed E-state index contributed by atoms with van der Waals surface area (Å²) < 4.78 is 0. The molecule has 2 heterocycles. The lowest BCUT2D eigenvalue weighted by Gasteiger charge is -2.34. The Labute approximate surface area is 161 Å². The molecule has 4 rings (SSSR count). The molecule has 2 aliphatic heterocycles. The van der Waals surface area contributed by atoms with Crippen molar-refractivity contribution in [1.82, 2.24) is 20.4 Å². The number of urea groups is 1. The van der Waals surface area contributed by atoms with Crippen LogP contribution in [-0.2, 0) is 9.59 Å². The Morgan fingerprint density at radius 3 is 2.26 bits per heavy atom. The van der Waals surface area contributed by atoms with Crippen molar-refractivity contribution >= 4 is 17.8 Å². The van der Waals surface area contributed by atoms with Crippen LogP contribution in [0.25, 0.3) is 0 Å². The minimum absolute atomic E-state index is 0.0291. The lowest BCUT2D eigenvalue weighted by atomic mass is 9.84. The number of imide groups is 1. The molecule has 2 N–H and O–H groups in total. The number of hydrogen-bond donors (Lipinski definition) is 2. The third-order valence-electron chi connectivity index (χ3n) is 6.68. The number of nitrogens with one attached hydrogen (secondary N) is 2. The van der Waals surface area contributed by atoms with Crippen molar-refractivity contribution in [3.8, 4) is 0 Å². The van der Waals surface area contributed by atoms with E-state index in [1.165, 1.54) is 11.3 Å². The highest BCUT2D eigenvalue weighted by Crippen LogP contribution is 2.32. The average Bonchev–Trinajstić information content (AvgIpc) is 3.45. The fourth-order valence-electron chi connectivity index (χ4n) is 4.74. The first-order chi connectivity index (χ1) is 13.1. The van der Waals surface area contributed by atoms with Gasteiger partial charge in [0.05, 0.1) is 6.67 Å². The quantitative estimate of drug-likeness (QED) is 0.735. The Morgan fingerprint density at radius 1 is 1.00 bits per heavy atom. The summed E-state index contributed by atoms with van der Waals surface area (Å²) in [7, 11) is 0. The van der Waals surface area contributed by atoms with Crippen LogP contribution in [0, 0.1) is 5.92 Å². The number of likely N-dealkylation sites (tertiary alicyclic amines) is 1. The van der Waals surface area contributed by atoms with Crippen LogP contribution in [0.4, 0.5) is 4.79 Å². The lowest BCUT2D eigenvalue weighted by Crippen LogP contribution is -2.50. The van der Waals surface area contributed by atoms with Crippen LogP contribution >= 0.6 is 0 Å². The molecule has 7 heteroatoms. The third-order valence-corrected chi connectivity index (χ3v) is 6.68. The summed E-state index contributed by atoms with van der Waals surface area (Å²) in [5, 5.41) is 6.18. The number of carbonyl (C=O) groups excluding carboxylic acids is 3. The van der Waals surface area contributed by atoms with E-state index in [4.69, 9.17) is 0 Å². The summed E-state index contributed by atoms with van der Waals surface area (Å²) in [5.74, 6) is 0.418. The van der Waals surface area contributed by atoms with E-state index in [9.17, 15) is 14.4 Å². The Kier molecular flexibility index (Phi) is 5.39. The van der Waals surface area contributed by atoms with E-state index < -0.39 is 5.54 Å². The van der Waals surface area contributed by atoms with Gasteiger partial charge in [-0.1, -0.05) is 32.1 Å². The fourth-order valence-corrected chi connectivity index (χ4v) is 4.74. The second-order valence-corrected chi connectivity index (χ2v) is 8.83. The zero-order chi connectivity index (χ0) is 18.9. The van der Waals surface area contributed by atoms with Crippen molar-refractivity contribution in [1.29, 1.82) is 0 Å². The molecule has 4 aliphatic rings. The van der Waals surface area contributed by atoms with Gasteiger partial charge in [-0.3, -0.25) is 14.5 Å². The van der Waals surface area contributed by atoms with E-state index in [0.717, 1.165) is 77.3 Å². The van der Waals surface area contributed by atoms with E-state index in [-0.39, 0.29) is 29.8 Å². The van der Waals surface area contributed by atoms with Crippen LogP contribution in [0.1, 0.15) is 70.6 Å². The average molecular weight is 377 g/mol. The maximum absolute atomic E-state index is 13.1. The monoisotopic (exact) mass is 376 g/mol. The van der Waals surface area contributed by atoms with Crippen molar-refractivity contribution in [2.45, 2.75) is 82.2 Å². The molecule has 2 saturated carbocycles. The first-order valence-corrected chi connectivity index (χ1v) is 10.7. The molecule has 0 unspecified atom stereocenters. The summed E-state index contributed by atoms with van der Waals surface area (Å²) in [5.41, 5.74) is -0.659. The predicted octanol–water partition coefficient (Wildman–Crippen LogP) is 1.97. The van der Waals surface area contributed by atoms with Gasteiger partial charge in [-0.15, -0.1) is 0 Å². The molecule has 1 spiro atoms. The van der Waals surface area contributed by atoms with E-state index in [0.29, 0.717) is 6.67 Å². The molecule has 150 valence electrons. The SMILES string of the molecule is O=C(NC1CCN(CN2C(=O)NC3(CCCCCCC3)C2=O)CC1)C1CC1. The number of carbonyl (C=O) groups is 3. The Balaban J connectivity index is 1.29. The maximum Gasteiger partial charge on any atom is 0.326 e. The highest BCUT2D eigenvalue weighted by atomic mass is 16.2. The number of nitrogens with zero attached hydrogens (tertiary/aromatic N) is 2. The smallest absolute Gasteiger partial charge is 0.326 e. The van der Waals surface area contributed by atoms with Crippen molar-refractivity contribution < 1.29 is 14.4 Å². The van der Waals surface area contributed by atoms with Crippen molar-refractivity contribution in [2.75, 3.05) is 19.8 Å². The molecule has 0 aromatic heterocycles. The van der Waals surface area contributed by atoms with Crippen LogP contribution in [0.2, 0.25) is 0 Å². The summed E-state index contributed by atoms with van der Waals surface area (Å²) in [6.07, 6.45) is 10.9. The molecule has 2 aliphatic carbocycles. The predicted molar refractivity (Wildman–Crippen MR) is 101 cm³/mol. The molecule has 4 fully saturated rings. The van der Waals surface area contributed by atoms with Crippen molar-refractivity contribution in [3.63, 3.8) is 0 Å².